The van der Waals surface area contributed by atoms with E-state index in [0.29, 0.717) is 24.0 Å². The predicted molar refractivity (Wildman–Crippen MR) is 143 cm³/mol. The smallest absolute Gasteiger partial charge is 0.228 e. The molecule has 192 valence electrons. The quantitative estimate of drug-likeness (QED) is 0.460. The van der Waals surface area contributed by atoms with Crippen molar-refractivity contribution < 1.29 is 14.3 Å². The summed E-state index contributed by atoms with van der Waals surface area (Å²) < 4.78 is 5.83. The van der Waals surface area contributed by atoms with E-state index in [-0.39, 0.29) is 29.8 Å². The number of anilines is 2. The van der Waals surface area contributed by atoms with Gasteiger partial charge in [-0.3, -0.25) is 9.59 Å². The number of nitrogens with one attached hydrogen (secondary N) is 2. The monoisotopic (exact) mass is 499 g/mol. The molecule has 3 aromatic rings. The van der Waals surface area contributed by atoms with Gasteiger partial charge in [0.25, 0.3) is 0 Å². The van der Waals surface area contributed by atoms with Crippen molar-refractivity contribution in [3.8, 4) is 22.4 Å². The summed E-state index contributed by atoms with van der Waals surface area (Å²) in [5.41, 5.74) is 5.12. The maximum atomic E-state index is 13.0. The molecule has 8 heteroatoms. The maximum Gasteiger partial charge on any atom is 0.228 e. The number of ether oxygens (including phenoxy) is 1. The Bertz CT molecular complexity index is 1300. The largest absolute Gasteiger partial charge is 0.378 e. The molecule has 2 aliphatic rings. The highest BCUT2D eigenvalue weighted by Gasteiger charge is 2.30. The molecule has 0 radical (unpaired) electrons. The second kappa shape index (κ2) is 10.8. The van der Waals surface area contributed by atoms with Gasteiger partial charge < -0.3 is 15.4 Å². The maximum absolute atomic E-state index is 13.0. The van der Waals surface area contributed by atoms with Gasteiger partial charge >= 0.3 is 0 Å². The first-order valence-corrected chi connectivity index (χ1v) is 13.0. The molecule has 5 rings (SSSR count). The van der Waals surface area contributed by atoms with Crippen LogP contribution < -0.4 is 10.6 Å². The third kappa shape index (κ3) is 6.02. The fourth-order valence-corrected chi connectivity index (χ4v) is 4.66. The molecule has 2 amide bonds. The van der Waals surface area contributed by atoms with E-state index in [0.717, 1.165) is 53.6 Å². The minimum atomic E-state index is -0.0599. The summed E-state index contributed by atoms with van der Waals surface area (Å²) in [5, 5.41) is 14.6. The topological polar surface area (TPSA) is 106 Å². The summed E-state index contributed by atoms with van der Waals surface area (Å²) in [6, 6.07) is 11.6. The molecule has 2 fully saturated rings. The van der Waals surface area contributed by atoms with Crippen LogP contribution in [-0.2, 0) is 14.3 Å². The van der Waals surface area contributed by atoms with Crippen molar-refractivity contribution in [2.24, 2.45) is 17.8 Å². The van der Waals surface area contributed by atoms with Crippen LogP contribution in [0.1, 0.15) is 45.1 Å². The average Bonchev–Trinajstić information content (AvgIpc) is 3.76. The van der Waals surface area contributed by atoms with E-state index in [2.05, 4.69) is 39.7 Å². The van der Waals surface area contributed by atoms with E-state index >= 15 is 0 Å². The van der Waals surface area contributed by atoms with Gasteiger partial charge in [-0.2, -0.15) is 10.2 Å². The number of pyridine rings is 1. The fraction of sp³-hybridized carbons (Fsp3) is 0.414. The third-order valence-electron chi connectivity index (χ3n) is 7.16. The molecule has 2 atom stereocenters. The Kier molecular flexibility index (Phi) is 7.28. The zero-order chi connectivity index (χ0) is 25.9. The summed E-state index contributed by atoms with van der Waals surface area (Å²) >= 11 is 0. The van der Waals surface area contributed by atoms with Crippen molar-refractivity contribution in [2.45, 2.75) is 52.6 Å². The van der Waals surface area contributed by atoms with Gasteiger partial charge in [0.05, 0.1) is 18.0 Å². The molecule has 1 saturated heterocycles. The third-order valence-corrected chi connectivity index (χ3v) is 7.16. The Morgan fingerprint density at radius 3 is 2.57 bits per heavy atom. The van der Waals surface area contributed by atoms with E-state index in [1.807, 2.05) is 43.3 Å². The number of aromatic nitrogens is 3. The van der Waals surface area contributed by atoms with Crippen molar-refractivity contribution in [2.75, 3.05) is 17.2 Å². The van der Waals surface area contributed by atoms with Gasteiger partial charge in [-0.1, -0.05) is 19.9 Å². The Morgan fingerprint density at radius 1 is 0.973 bits per heavy atom. The number of nitrogens with zero attached hydrogens (tertiary/aromatic N) is 3. The SMILES string of the molecule is Cc1ccc(NC(=O)C2CCOC(C(C)C)C2)cc1-c1cc(-c2ccnc(NC(=O)C3CC3)c2)cnn1. The van der Waals surface area contributed by atoms with Crippen LogP contribution >= 0.6 is 0 Å². The van der Waals surface area contributed by atoms with Crippen LogP contribution in [0, 0.1) is 24.7 Å². The number of hydrogen-bond acceptors (Lipinski definition) is 6. The minimum absolute atomic E-state index is 0.0214. The van der Waals surface area contributed by atoms with Gasteiger partial charge in [0.2, 0.25) is 11.8 Å². The molecule has 8 nitrogen and oxygen atoms in total. The number of carbonyl (C=O) groups excluding carboxylic acids is 2. The summed E-state index contributed by atoms with van der Waals surface area (Å²) in [4.78, 5) is 29.5. The number of carbonyl (C=O) groups is 2. The highest BCUT2D eigenvalue weighted by molar-refractivity contribution is 5.94. The van der Waals surface area contributed by atoms with Crippen LogP contribution in [-0.4, -0.2) is 39.7 Å². The minimum Gasteiger partial charge on any atom is -0.378 e. The lowest BCUT2D eigenvalue weighted by atomic mass is 9.89. The average molecular weight is 500 g/mol. The van der Waals surface area contributed by atoms with Crippen molar-refractivity contribution >= 4 is 23.3 Å². The van der Waals surface area contributed by atoms with E-state index in [4.69, 9.17) is 4.74 Å². The highest BCUT2D eigenvalue weighted by atomic mass is 16.5. The number of rotatable bonds is 7. The molecule has 3 heterocycles. The summed E-state index contributed by atoms with van der Waals surface area (Å²) in [6.45, 7) is 6.88. The molecule has 2 N–H and O–H groups in total. The van der Waals surface area contributed by atoms with Gasteiger partial charge in [0, 0.05) is 41.5 Å². The molecule has 2 aromatic heterocycles. The van der Waals surface area contributed by atoms with Crippen LogP contribution in [0.25, 0.3) is 22.4 Å². The van der Waals surface area contributed by atoms with Crippen molar-refractivity contribution in [3.05, 3.63) is 54.4 Å². The summed E-state index contributed by atoms with van der Waals surface area (Å²) in [6.07, 6.45) is 6.85. The molecule has 0 bridgehead atoms. The summed E-state index contributed by atoms with van der Waals surface area (Å²) in [7, 11) is 0. The Balaban J connectivity index is 1.34. The lowest BCUT2D eigenvalue weighted by Crippen LogP contribution is -2.35. The van der Waals surface area contributed by atoms with E-state index in [1.54, 1.807) is 12.4 Å². The standard InChI is InChI=1S/C29H33N5O3/c1-17(2)26-13-21(9-11-37-26)29(36)32-23-7-4-18(3)24(15-23)25-12-22(16-31-34-25)20-8-10-30-27(14-20)33-28(35)19-5-6-19/h4,7-8,10,12,14-17,19,21,26H,5-6,9,11,13H2,1-3H3,(H,32,36)(H,30,33,35). The molecule has 1 aliphatic heterocycles. The number of aryl methyl sites for hydroxylation is 1. The first-order valence-electron chi connectivity index (χ1n) is 13.0. The van der Waals surface area contributed by atoms with Crippen LogP contribution in [0.2, 0.25) is 0 Å². The van der Waals surface area contributed by atoms with E-state index < -0.39 is 0 Å². The van der Waals surface area contributed by atoms with E-state index in [1.165, 1.54) is 0 Å². The lowest BCUT2D eigenvalue weighted by molar-refractivity contribution is -0.126. The second-order valence-electron chi connectivity index (χ2n) is 10.4. The molecular formula is C29H33N5O3. The molecule has 1 saturated carbocycles. The van der Waals surface area contributed by atoms with Gasteiger partial charge in [-0.15, -0.1) is 0 Å². The first kappa shape index (κ1) is 25.0. The van der Waals surface area contributed by atoms with Crippen molar-refractivity contribution in [1.29, 1.82) is 0 Å². The highest BCUT2D eigenvalue weighted by Crippen LogP contribution is 2.32. The van der Waals surface area contributed by atoms with Crippen molar-refractivity contribution in [3.63, 3.8) is 0 Å². The van der Waals surface area contributed by atoms with Crippen LogP contribution in [0.15, 0.2) is 48.8 Å². The van der Waals surface area contributed by atoms with Gasteiger partial charge in [-0.05, 0) is 80.0 Å². The van der Waals surface area contributed by atoms with Gasteiger partial charge in [0.1, 0.15) is 5.82 Å². The second-order valence-corrected chi connectivity index (χ2v) is 10.4. The Hall–Kier alpha value is -3.65. The molecule has 1 aromatic carbocycles. The van der Waals surface area contributed by atoms with E-state index in [9.17, 15) is 9.59 Å². The predicted octanol–water partition coefficient (Wildman–Crippen LogP) is 5.25. The van der Waals surface area contributed by atoms with Crippen molar-refractivity contribution in [1.82, 2.24) is 15.2 Å². The van der Waals surface area contributed by atoms with Gasteiger partial charge in [0.15, 0.2) is 0 Å². The van der Waals surface area contributed by atoms with Gasteiger partial charge in [-0.25, -0.2) is 4.98 Å². The molecule has 1 aliphatic carbocycles. The number of benzene rings is 1. The molecule has 2 unspecified atom stereocenters. The molecular weight excluding hydrogens is 466 g/mol. The molecule has 37 heavy (non-hydrogen) atoms. The lowest BCUT2D eigenvalue weighted by Gasteiger charge is -2.31. The summed E-state index contributed by atoms with van der Waals surface area (Å²) in [5.74, 6) is 1.02. The number of amides is 2. The normalized spacial score (nSPS) is 19.5. The zero-order valence-corrected chi connectivity index (χ0v) is 21.5. The van der Waals surface area contributed by atoms with Crippen LogP contribution in [0.4, 0.5) is 11.5 Å². The zero-order valence-electron chi connectivity index (χ0n) is 21.5. The molecule has 0 spiro atoms. The first-order chi connectivity index (χ1) is 17.9. The van der Waals surface area contributed by atoms with Crippen LogP contribution in [0.3, 0.4) is 0 Å². The Morgan fingerprint density at radius 2 is 1.78 bits per heavy atom. The Labute approximate surface area is 217 Å². The fourth-order valence-electron chi connectivity index (χ4n) is 4.66. The number of hydrogen-bond donors (Lipinski definition) is 2. The van der Waals surface area contributed by atoms with Crippen LogP contribution in [0.5, 0.6) is 0 Å².